The number of ether oxygens (including phenoxy) is 1. The van der Waals surface area contributed by atoms with Gasteiger partial charge in [0.15, 0.2) is 0 Å². The van der Waals surface area contributed by atoms with Crippen molar-refractivity contribution >= 4 is 43.1 Å². The number of carbonyl (C=O) groups is 1. The van der Waals surface area contributed by atoms with Gasteiger partial charge in [-0.25, -0.2) is 13.4 Å². The Morgan fingerprint density at radius 3 is 2.46 bits per heavy atom. The van der Waals surface area contributed by atoms with Crippen LogP contribution in [0.1, 0.15) is 58.9 Å². The number of hydrogen-bond donors (Lipinski definition) is 2. The van der Waals surface area contributed by atoms with Gasteiger partial charge < -0.3 is 19.8 Å². The van der Waals surface area contributed by atoms with Crippen LogP contribution in [0.25, 0.3) is 15.8 Å². The molecular formula is C26H37N3O6S2. The van der Waals surface area contributed by atoms with Crippen molar-refractivity contribution < 1.29 is 28.2 Å². The lowest BCUT2D eigenvalue weighted by molar-refractivity contribution is -0.149. The number of nitrogens with zero attached hydrogens (tertiary/aromatic N) is 3. The number of hydrogen-bond acceptors (Lipinski definition) is 8. The minimum absolute atomic E-state index is 0.0312. The summed E-state index contributed by atoms with van der Waals surface area (Å²) in [5.74, 6) is -0.324. The number of sulfonamides is 1. The zero-order valence-electron chi connectivity index (χ0n) is 21.9. The van der Waals surface area contributed by atoms with Gasteiger partial charge >= 0.3 is 0 Å². The number of amides is 1. The zero-order valence-corrected chi connectivity index (χ0v) is 23.6. The van der Waals surface area contributed by atoms with Crippen molar-refractivity contribution in [2.45, 2.75) is 70.7 Å². The summed E-state index contributed by atoms with van der Waals surface area (Å²) in [6.07, 6.45) is 4.13. The van der Waals surface area contributed by atoms with Crippen LogP contribution in [0.15, 0.2) is 24.3 Å². The molecule has 4 rings (SSSR count). The number of aromatic nitrogens is 1. The summed E-state index contributed by atoms with van der Waals surface area (Å²) < 4.78 is 33.9. The van der Waals surface area contributed by atoms with Crippen LogP contribution in [0.3, 0.4) is 0 Å². The van der Waals surface area contributed by atoms with Crippen LogP contribution in [0.4, 0.5) is 0 Å². The maximum absolute atomic E-state index is 12.6. The second-order valence-electron chi connectivity index (χ2n) is 11.0. The molecule has 1 amide bonds. The highest BCUT2D eigenvalue weighted by molar-refractivity contribution is 7.89. The van der Waals surface area contributed by atoms with Gasteiger partial charge in [0.2, 0.25) is 10.0 Å². The summed E-state index contributed by atoms with van der Waals surface area (Å²) in [5.41, 5.74) is 0.635. The Balaban J connectivity index is 1.36. The number of carbonyl (C=O) groups excluding carboxylic acids is 1. The van der Waals surface area contributed by atoms with Gasteiger partial charge in [0.1, 0.15) is 11.7 Å². The molecule has 0 saturated carbocycles. The number of piperidine rings is 1. The van der Waals surface area contributed by atoms with Crippen LogP contribution in [-0.4, -0.2) is 88.0 Å². The normalized spacial score (nSPS) is 18.8. The molecule has 3 heterocycles. The fourth-order valence-electron chi connectivity index (χ4n) is 4.53. The molecule has 11 heteroatoms. The third kappa shape index (κ3) is 7.08. The molecule has 0 bridgehead atoms. The lowest BCUT2D eigenvalue weighted by atomic mass is 10.0. The molecular weight excluding hydrogens is 514 g/mol. The van der Waals surface area contributed by atoms with Crippen LogP contribution in [-0.2, 0) is 14.8 Å². The topological polar surface area (TPSA) is 120 Å². The molecule has 37 heavy (non-hydrogen) atoms. The largest absolute Gasteiger partial charge is 0.467 e. The predicted molar refractivity (Wildman–Crippen MR) is 145 cm³/mol. The maximum Gasteiger partial charge on any atom is 0.274 e. The van der Waals surface area contributed by atoms with Gasteiger partial charge in [-0.05, 0) is 63.8 Å². The molecule has 2 aromatic rings. The average molecular weight is 552 g/mol. The van der Waals surface area contributed by atoms with E-state index in [0.29, 0.717) is 50.6 Å². The molecule has 0 radical (unpaired) electrons. The van der Waals surface area contributed by atoms with Crippen molar-refractivity contribution in [2.75, 3.05) is 31.9 Å². The van der Waals surface area contributed by atoms with Gasteiger partial charge in [-0.15, -0.1) is 0 Å². The smallest absolute Gasteiger partial charge is 0.274 e. The van der Waals surface area contributed by atoms with Crippen LogP contribution in [0.2, 0.25) is 0 Å². The van der Waals surface area contributed by atoms with Crippen LogP contribution in [0, 0.1) is 0 Å². The molecule has 2 aliphatic heterocycles. The monoisotopic (exact) mass is 551 g/mol. The van der Waals surface area contributed by atoms with E-state index in [-0.39, 0.29) is 24.2 Å². The van der Waals surface area contributed by atoms with Gasteiger partial charge in [-0.2, -0.15) is 4.31 Å². The van der Waals surface area contributed by atoms with Crippen LogP contribution in [0.5, 0.6) is 5.19 Å². The zero-order chi connectivity index (χ0) is 27.0. The Hall–Kier alpha value is -2.05. The van der Waals surface area contributed by atoms with Crippen molar-refractivity contribution in [1.82, 2.24) is 14.2 Å². The van der Waals surface area contributed by atoms with E-state index in [1.807, 2.05) is 18.2 Å². The van der Waals surface area contributed by atoms with E-state index in [1.54, 1.807) is 18.7 Å². The molecule has 9 nitrogen and oxygen atoms in total. The first-order valence-corrected chi connectivity index (χ1v) is 15.1. The highest BCUT2D eigenvalue weighted by Gasteiger charge is 2.33. The highest BCUT2D eigenvalue weighted by atomic mass is 32.2. The fourth-order valence-corrected chi connectivity index (χ4v) is 7.14. The SMILES string of the molecule is CC(C)(O)CCS(=O)(=O)N1CC=C(c2ccc3nc(OC4CCN(C(=O)C(C)(C)O)CC4)sc3c2)CC1. The minimum atomic E-state index is -3.41. The molecule has 1 aromatic carbocycles. The van der Waals surface area contributed by atoms with Gasteiger partial charge in [0.05, 0.1) is 21.6 Å². The first kappa shape index (κ1) is 28.0. The van der Waals surface area contributed by atoms with Gasteiger partial charge in [0.25, 0.3) is 11.1 Å². The summed E-state index contributed by atoms with van der Waals surface area (Å²) in [6, 6.07) is 6.05. The average Bonchev–Trinajstić information content (AvgIpc) is 3.23. The summed E-state index contributed by atoms with van der Waals surface area (Å²) in [6.45, 7) is 8.09. The molecule has 1 saturated heterocycles. The van der Waals surface area contributed by atoms with E-state index >= 15 is 0 Å². The van der Waals surface area contributed by atoms with Crippen LogP contribution < -0.4 is 4.74 Å². The van der Waals surface area contributed by atoms with Gasteiger partial charge in [0, 0.05) is 39.0 Å². The lowest BCUT2D eigenvalue weighted by Gasteiger charge is -2.34. The number of rotatable bonds is 8. The molecule has 0 aliphatic carbocycles. The minimum Gasteiger partial charge on any atom is -0.467 e. The second kappa shape index (κ2) is 10.6. The summed E-state index contributed by atoms with van der Waals surface area (Å²) in [5, 5.41) is 20.4. The Labute approximate surface area is 222 Å². The number of likely N-dealkylation sites (tertiary alicyclic amines) is 1. The first-order valence-electron chi connectivity index (χ1n) is 12.7. The van der Waals surface area contributed by atoms with Crippen LogP contribution >= 0.6 is 11.3 Å². The van der Waals surface area contributed by atoms with Crippen molar-refractivity contribution in [3.63, 3.8) is 0 Å². The Morgan fingerprint density at radius 1 is 1.16 bits per heavy atom. The summed E-state index contributed by atoms with van der Waals surface area (Å²) in [4.78, 5) is 18.6. The van der Waals surface area contributed by atoms with Crippen molar-refractivity contribution in [1.29, 1.82) is 0 Å². The summed E-state index contributed by atoms with van der Waals surface area (Å²) >= 11 is 1.48. The molecule has 0 unspecified atom stereocenters. The van der Waals surface area contributed by atoms with Crippen molar-refractivity contribution in [2.24, 2.45) is 0 Å². The molecule has 1 aromatic heterocycles. The number of benzene rings is 1. The van der Waals surface area contributed by atoms with E-state index in [2.05, 4.69) is 11.1 Å². The molecule has 1 fully saturated rings. The quantitative estimate of drug-likeness (QED) is 0.517. The third-order valence-corrected chi connectivity index (χ3v) is 9.54. The Kier molecular flexibility index (Phi) is 8.02. The van der Waals surface area contributed by atoms with Crippen molar-refractivity contribution in [3.05, 3.63) is 29.8 Å². The molecule has 0 atom stereocenters. The molecule has 0 spiro atoms. The number of aliphatic hydroxyl groups is 2. The van der Waals surface area contributed by atoms with E-state index in [4.69, 9.17) is 4.74 Å². The Morgan fingerprint density at radius 2 is 1.86 bits per heavy atom. The number of fused-ring (bicyclic) bond motifs is 1. The first-order chi connectivity index (χ1) is 17.2. The van der Waals surface area contributed by atoms with Gasteiger partial charge in [-0.1, -0.05) is 23.5 Å². The van der Waals surface area contributed by atoms with E-state index in [9.17, 15) is 23.4 Å². The predicted octanol–water partition coefficient (Wildman–Crippen LogP) is 3.02. The highest BCUT2D eigenvalue weighted by Crippen LogP contribution is 2.33. The Bertz CT molecular complexity index is 1270. The molecule has 204 valence electrons. The molecule has 2 aliphatic rings. The van der Waals surface area contributed by atoms with E-state index in [1.165, 1.54) is 29.5 Å². The summed E-state index contributed by atoms with van der Waals surface area (Å²) in [7, 11) is -3.41. The standard InChI is InChI=1S/C26H37N3O6S2/c1-25(2,31)11-16-37(33,34)29-14-7-18(8-15-29)19-5-6-21-22(17-19)36-24(27-21)35-20-9-12-28(13-10-20)23(30)26(3,4)32/h5-7,17,20,31-32H,8-16H2,1-4H3. The second-order valence-corrected chi connectivity index (χ2v) is 14.1. The van der Waals surface area contributed by atoms with E-state index < -0.39 is 21.2 Å². The van der Waals surface area contributed by atoms with Gasteiger partial charge in [-0.3, -0.25) is 4.79 Å². The van der Waals surface area contributed by atoms with E-state index in [0.717, 1.165) is 21.4 Å². The fraction of sp³-hybridized carbons (Fsp3) is 0.615. The third-order valence-electron chi connectivity index (χ3n) is 6.80. The van der Waals surface area contributed by atoms with Crippen molar-refractivity contribution in [3.8, 4) is 5.19 Å². The maximum atomic E-state index is 12.6. The molecule has 2 N–H and O–H groups in total. The lowest BCUT2D eigenvalue weighted by Crippen LogP contribution is -2.49. The number of thiazole rings is 1.